The first-order valence-electron chi connectivity index (χ1n) is 6.03. The highest BCUT2D eigenvalue weighted by Gasteiger charge is 2.08. The Labute approximate surface area is 115 Å². The van der Waals surface area contributed by atoms with Gasteiger partial charge in [-0.15, -0.1) is 0 Å². The minimum absolute atomic E-state index is 0.0496. The maximum absolute atomic E-state index is 11.8. The molecule has 1 amide bonds. The molecule has 7 heteroatoms. The van der Waals surface area contributed by atoms with Crippen LogP contribution in [0.15, 0.2) is 30.7 Å². The first-order chi connectivity index (χ1) is 9.56. The summed E-state index contributed by atoms with van der Waals surface area (Å²) in [5.74, 6) is -1.41. The molecule has 0 aliphatic carbocycles. The standard InChI is InChI=1S/C13H14N4O3/c1-9-6-16-17(8-9)5-4-14-12(18)11-3-2-10(7-15-11)13(19)20/h2-3,6-8H,4-5H2,1H3,(H,14,18)(H,19,20). The number of pyridine rings is 1. The van der Waals surface area contributed by atoms with Gasteiger partial charge in [-0.05, 0) is 24.6 Å². The molecule has 2 heterocycles. The van der Waals surface area contributed by atoms with Gasteiger partial charge >= 0.3 is 5.97 Å². The van der Waals surface area contributed by atoms with Crippen LogP contribution in [-0.2, 0) is 6.54 Å². The van der Waals surface area contributed by atoms with E-state index in [4.69, 9.17) is 5.11 Å². The van der Waals surface area contributed by atoms with Crippen LogP contribution in [0, 0.1) is 6.92 Å². The predicted molar refractivity (Wildman–Crippen MR) is 70.5 cm³/mol. The van der Waals surface area contributed by atoms with Crippen LogP contribution in [0.25, 0.3) is 0 Å². The number of hydrogen-bond donors (Lipinski definition) is 2. The largest absolute Gasteiger partial charge is 0.478 e. The molecule has 0 spiro atoms. The Morgan fingerprint density at radius 3 is 2.70 bits per heavy atom. The molecule has 0 aliphatic heterocycles. The molecule has 104 valence electrons. The lowest BCUT2D eigenvalue weighted by atomic mass is 10.2. The van der Waals surface area contributed by atoms with Crippen molar-refractivity contribution in [3.8, 4) is 0 Å². The molecule has 2 aromatic heterocycles. The Morgan fingerprint density at radius 2 is 2.15 bits per heavy atom. The summed E-state index contributed by atoms with van der Waals surface area (Å²) in [5.41, 5.74) is 1.29. The van der Waals surface area contributed by atoms with Gasteiger partial charge in [0.15, 0.2) is 0 Å². The Bertz CT molecular complexity index is 619. The molecule has 2 aromatic rings. The number of hydrogen-bond acceptors (Lipinski definition) is 4. The second-order valence-electron chi connectivity index (χ2n) is 4.27. The highest BCUT2D eigenvalue weighted by atomic mass is 16.4. The zero-order chi connectivity index (χ0) is 14.5. The van der Waals surface area contributed by atoms with E-state index < -0.39 is 5.97 Å². The van der Waals surface area contributed by atoms with E-state index >= 15 is 0 Å². The predicted octanol–water partition coefficient (Wildman–Crippen LogP) is 0.715. The van der Waals surface area contributed by atoms with Crippen LogP contribution < -0.4 is 5.32 Å². The fourth-order valence-corrected chi connectivity index (χ4v) is 1.62. The second-order valence-corrected chi connectivity index (χ2v) is 4.27. The van der Waals surface area contributed by atoms with E-state index in [1.807, 2.05) is 13.1 Å². The van der Waals surface area contributed by atoms with Crippen molar-refractivity contribution in [2.45, 2.75) is 13.5 Å². The number of carboxylic acid groups (broad SMARTS) is 1. The van der Waals surface area contributed by atoms with Crippen molar-refractivity contribution in [2.24, 2.45) is 0 Å². The van der Waals surface area contributed by atoms with Gasteiger partial charge in [0.05, 0.1) is 18.3 Å². The maximum Gasteiger partial charge on any atom is 0.337 e. The molecule has 0 atom stereocenters. The van der Waals surface area contributed by atoms with Gasteiger partial charge in [-0.3, -0.25) is 14.5 Å². The molecule has 7 nitrogen and oxygen atoms in total. The third-order valence-corrected chi connectivity index (χ3v) is 2.63. The highest BCUT2D eigenvalue weighted by molar-refractivity contribution is 5.93. The summed E-state index contributed by atoms with van der Waals surface area (Å²) in [7, 11) is 0. The summed E-state index contributed by atoms with van der Waals surface area (Å²) in [6.07, 6.45) is 4.79. The lowest BCUT2D eigenvalue weighted by Gasteiger charge is -2.05. The third-order valence-electron chi connectivity index (χ3n) is 2.63. The number of aryl methyl sites for hydroxylation is 1. The third kappa shape index (κ3) is 3.41. The monoisotopic (exact) mass is 274 g/mol. The van der Waals surface area contributed by atoms with E-state index in [-0.39, 0.29) is 17.2 Å². The highest BCUT2D eigenvalue weighted by Crippen LogP contribution is 2.00. The van der Waals surface area contributed by atoms with Crippen LogP contribution >= 0.6 is 0 Å². The van der Waals surface area contributed by atoms with Gasteiger partial charge in [-0.25, -0.2) is 4.79 Å². The van der Waals surface area contributed by atoms with Crippen LogP contribution in [0.3, 0.4) is 0 Å². The molecule has 0 radical (unpaired) electrons. The molecular weight excluding hydrogens is 260 g/mol. The molecule has 0 saturated heterocycles. The van der Waals surface area contributed by atoms with Gasteiger partial charge in [0.1, 0.15) is 5.69 Å². The quantitative estimate of drug-likeness (QED) is 0.837. The minimum atomic E-state index is -1.07. The van der Waals surface area contributed by atoms with Crippen molar-refractivity contribution < 1.29 is 14.7 Å². The lowest BCUT2D eigenvalue weighted by Crippen LogP contribution is -2.28. The fraction of sp³-hybridized carbons (Fsp3) is 0.231. The summed E-state index contributed by atoms with van der Waals surface area (Å²) >= 11 is 0. The Balaban J connectivity index is 1.86. The van der Waals surface area contributed by atoms with E-state index in [2.05, 4.69) is 15.4 Å². The molecular formula is C13H14N4O3. The van der Waals surface area contributed by atoms with Crippen LogP contribution in [0.5, 0.6) is 0 Å². The molecule has 20 heavy (non-hydrogen) atoms. The first kappa shape index (κ1) is 13.7. The smallest absolute Gasteiger partial charge is 0.337 e. The van der Waals surface area contributed by atoms with E-state index in [0.717, 1.165) is 11.8 Å². The van der Waals surface area contributed by atoms with Crippen LogP contribution in [-0.4, -0.2) is 38.3 Å². The SMILES string of the molecule is Cc1cnn(CCNC(=O)c2ccc(C(=O)O)cn2)c1. The molecule has 0 aliphatic rings. The van der Waals surface area contributed by atoms with Gasteiger partial charge in [0, 0.05) is 18.9 Å². The first-order valence-corrected chi connectivity index (χ1v) is 6.03. The number of nitrogens with one attached hydrogen (secondary N) is 1. The number of carboxylic acids is 1. The van der Waals surface area contributed by atoms with Crippen molar-refractivity contribution in [3.63, 3.8) is 0 Å². The van der Waals surface area contributed by atoms with Gasteiger partial charge in [-0.2, -0.15) is 5.10 Å². The number of carbonyl (C=O) groups excluding carboxylic acids is 1. The zero-order valence-corrected chi connectivity index (χ0v) is 10.9. The van der Waals surface area contributed by atoms with Gasteiger partial charge in [0.2, 0.25) is 0 Å². The van der Waals surface area contributed by atoms with E-state index in [9.17, 15) is 9.59 Å². The molecule has 2 N–H and O–H groups in total. The maximum atomic E-state index is 11.8. The normalized spacial score (nSPS) is 10.2. The number of carbonyl (C=O) groups is 2. The van der Waals surface area contributed by atoms with Crippen molar-refractivity contribution in [1.82, 2.24) is 20.1 Å². The average Bonchev–Trinajstić information content (AvgIpc) is 2.84. The van der Waals surface area contributed by atoms with Crippen molar-refractivity contribution >= 4 is 11.9 Å². The number of rotatable bonds is 5. The summed E-state index contributed by atoms with van der Waals surface area (Å²) < 4.78 is 1.73. The topological polar surface area (TPSA) is 97.1 Å². The molecule has 0 saturated carbocycles. The number of aromatic carboxylic acids is 1. The van der Waals surface area contributed by atoms with Crippen LogP contribution in [0.1, 0.15) is 26.4 Å². The molecule has 0 unspecified atom stereocenters. The van der Waals surface area contributed by atoms with Crippen molar-refractivity contribution in [1.29, 1.82) is 0 Å². The van der Waals surface area contributed by atoms with Crippen LogP contribution in [0.2, 0.25) is 0 Å². The fourth-order valence-electron chi connectivity index (χ4n) is 1.62. The van der Waals surface area contributed by atoms with Crippen LogP contribution in [0.4, 0.5) is 0 Å². The van der Waals surface area contributed by atoms with Crippen molar-refractivity contribution in [2.75, 3.05) is 6.54 Å². The zero-order valence-electron chi connectivity index (χ0n) is 10.9. The molecule has 0 bridgehead atoms. The number of aromatic nitrogens is 3. The number of nitrogens with zero attached hydrogens (tertiary/aromatic N) is 3. The Kier molecular flexibility index (Phi) is 4.09. The molecule has 0 aromatic carbocycles. The Hall–Kier alpha value is -2.70. The molecule has 2 rings (SSSR count). The van der Waals surface area contributed by atoms with E-state index in [1.165, 1.54) is 12.1 Å². The van der Waals surface area contributed by atoms with Crippen molar-refractivity contribution in [3.05, 3.63) is 47.5 Å². The Morgan fingerprint density at radius 1 is 1.35 bits per heavy atom. The lowest BCUT2D eigenvalue weighted by molar-refractivity contribution is 0.0695. The van der Waals surface area contributed by atoms with Gasteiger partial charge < -0.3 is 10.4 Å². The summed E-state index contributed by atoms with van der Waals surface area (Å²) in [6.45, 7) is 2.92. The number of amides is 1. The van der Waals surface area contributed by atoms with Gasteiger partial charge in [0.25, 0.3) is 5.91 Å². The average molecular weight is 274 g/mol. The summed E-state index contributed by atoms with van der Waals surface area (Å²) in [5, 5.41) is 15.5. The summed E-state index contributed by atoms with van der Waals surface area (Å²) in [4.78, 5) is 26.2. The molecule has 0 fully saturated rings. The minimum Gasteiger partial charge on any atom is -0.478 e. The second kappa shape index (κ2) is 5.96. The summed E-state index contributed by atoms with van der Waals surface area (Å²) in [6, 6.07) is 2.73. The van der Waals surface area contributed by atoms with E-state index in [1.54, 1.807) is 10.9 Å². The van der Waals surface area contributed by atoms with E-state index in [0.29, 0.717) is 13.1 Å². The van der Waals surface area contributed by atoms with Gasteiger partial charge in [-0.1, -0.05) is 0 Å².